The number of carbonyl (C=O) groups excluding carboxylic acids is 2. The predicted molar refractivity (Wildman–Crippen MR) is 65.2 cm³/mol. The quantitative estimate of drug-likeness (QED) is 0.470. The van der Waals surface area contributed by atoms with Gasteiger partial charge in [0.2, 0.25) is 0 Å². The van der Waals surface area contributed by atoms with Crippen molar-refractivity contribution in [1.82, 2.24) is 0 Å². The molecule has 0 saturated heterocycles. The lowest BCUT2D eigenvalue weighted by atomic mass is 10.2. The van der Waals surface area contributed by atoms with Crippen LogP contribution in [-0.4, -0.2) is 25.2 Å². The molecule has 1 rings (SSSR count). The van der Waals surface area contributed by atoms with Gasteiger partial charge >= 0.3 is 6.16 Å². The van der Waals surface area contributed by atoms with Crippen LogP contribution in [0.25, 0.3) is 0 Å². The molecule has 0 aliphatic rings. The molecule has 0 heterocycles. The summed E-state index contributed by atoms with van der Waals surface area (Å²) in [5, 5.41) is 0. The summed E-state index contributed by atoms with van der Waals surface area (Å²) in [7, 11) is 1.48. The van der Waals surface area contributed by atoms with Crippen molar-refractivity contribution in [3.8, 4) is 11.5 Å². The van der Waals surface area contributed by atoms with E-state index in [1.165, 1.54) is 19.2 Å². The Morgan fingerprint density at radius 1 is 1.28 bits per heavy atom. The topological polar surface area (TPSA) is 61.8 Å². The third-order valence-electron chi connectivity index (χ3n) is 1.93. The summed E-state index contributed by atoms with van der Waals surface area (Å²) in [6.07, 6.45) is -0.266. The average molecular weight is 252 g/mol. The highest BCUT2D eigenvalue weighted by molar-refractivity contribution is 5.82. The third kappa shape index (κ3) is 4.08. The number of methoxy groups -OCH3 is 1. The summed E-state index contributed by atoms with van der Waals surface area (Å²) in [4.78, 5) is 22.3. The van der Waals surface area contributed by atoms with Gasteiger partial charge in [0.25, 0.3) is 0 Å². The zero-order chi connectivity index (χ0) is 13.8. The fraction of sp³-hybridized carbons (Fsp3) is 0.385. The van der Waals surface area contributed by atoms with Crippen molar-refractivity contribution in [3.05, 3.63) is 23.8 Å². The largest absolute Gasteiger partial charge is 0.514 e. The minimum absolute atomic E-state index is 0.139. The minimum Gasteiger partial charge on any atom is -0.497 e. The molecule has 0 N–H and O–H groups in total. The Hall–Kier alpha value is -2.04. The van der Waals surface area contributed by atoms with Gasteiger partial charge in [-0.2, -0.15) is 0 Å². The lowest BCUT2D eigenvalue weighted by Crippen LogP contribution is -2.26. The molecule has 98 valence electrons. The van der Waals surface area contributed by atoms with E-state index in [2.05, 4.69) is 0 Å². The van der Waals surface area contributed by atoms with Gasteiger partial charge in [-0.15, -0.1) is 0 Å². The number of ether oxygens (including phenoxy) is 3. The first-order valence-corrected chi connectivity index (χ1v) is 5.40. The average Bonchev–Trinajstić information content (AvgIpc) is 2.27. The molecule has 0 atom stereocenters. The van der Waals surface area contributed by atoms with Crippen LogP contribution >= 0.6 is 0 Å². The van der Waals surface area contributed by atoms with Crippen LogP contribution < -0.4 is 9.47 Å². The van der Waals surface area contributed by atoms with Crippen molar-refractivity contribution in [1.29, 1.82) is 0 Å². The van der Waals surface area contributed by atoms with E-state index >= 15 is 0 Å². The van der Waals surface area contributed by atoms with Crippen LogP contribution in [0.1, 0.15) is 31.1 Å². The highest BCUT2D eigenvalue weighted by Crippen LogP contribution is 2.23. The standard InChI is InChI=1S/C13H16O5/c1-13(2,3)18-12(15)17-11-6-5-10(16-4)7-9(11)8-14/h5-8H,1-4H3. The molecule has 0 spiro atoms. The van der Waals surface area contributed by atoms with Crippen molar-refractivity contribution in [2.45, 2.75) is 26.4 Å². The van der Waals surface area contributed by atoms with E-state index in [0.29, 0.717) is 12.0 Å². The van der Waals surface area contributed by atoms with Gasteiger partial charge in [0, 0.05) is 0 Å². The van der Waals surface area contributed by atoms with Crippen LogP contribution in [0.5, 0.6) is 11.5 Å². The molecular formula is C13H16O5. The van der Waals surface area contributed by atoms with Crippen molar-refractivity contribution < 1.29 is 23.8 Å². The van der Waals surface area contributed by atoms with Gasteiger partial charge in [0.05, 0.1) is 12.7 Å². The molecule has 1 aromatic carbocycles. The van der Waals surface area contributed by atoms with Gasteiger partial charge in [-0.05, 0) is 39.0 Å². The molecule has 18 heavy (non-hydrogen) atoms. The summed E-state index contributed by atoms with van der Waals surface area (Å²) in [6.45, 7) is 5.18. The summed E-state index contributed by atoms with van der Waals surface area (Å²) in [5.74, 6) is 0.647. The maximum absolute atomic E-state index is 11.5. The van der Waals surface area contributed by atoms with Gasteiger partial charge in [-0.25, -0.2) is 4.79 Å². The van der Waals surface area contributed by atoms with E-state index in [1.54, 1.807) is 26.8 Å². The first kappa shape index (κ1) is 14.0. The Balaban J connectivity index is 2.84. The summed E-state index contributed by atoms with van der Waals surface area (Å²) >= 11 is 0. The number of aldehydes is 1. The predicted octanol–water partition coefficient (Wildman–Crippen LogP) is 2.82. The fourth-order valence-corrected chi connectivity index (χ4v) is 1.20. The first-order valence-electron chi connectivity index (χ1n) is 5.40. The number of hydrogen-bond donors (Lipinski definition) is 0. The Bertz CT molecular complexity index is 445. The van der Waals surface area contributed by atoms with E-state index in [0.717, 1.165) is 0 Å². The van der Waals surface area contributed by atoms with E-state index in [-0.39, 0.29) is 11.3 Å². The molecule has 0 aromatic heterocycles. The van der Waals surface area contributed by atoms with E-state index in [4.69, 9.17) is 14.2 Å². The van der Waals surface area contributed by atoms with Gasteiger partial charge in [0.1, 0.15) is 17.1 Å². The van der Waals surface area contributed by atoms with E-state index in [1.807, 2.05) is 0 Å². The lowest BCUT2D eigenvalue weighted by Gasteiger charge is -2.19. The van der Waals surface area contributed by atoms with Crippen molar-refractivity contribution in [2.24, 2.45) is 0 Å². The van der Waals surface area contributed by atoms with Crippen molar-refractivity contribution in [3.63, 3.8) is 0 Å². The molecule has 0 aliphatic heterocycles. The summed E-state index contributed by atoms with van der Waals surface area (Å²) < 4.78 is 14.9. The van der Waals surface area contributed by atoms with Gasteiger partial charge in [0.15, 0.2) is 6.29 Å². The van der Waals surface area contributed by atoms with E-state index < -0.39 is 11.8 Å². The fourth-order valence-electron chi connectivity index (χ4n) is 1.20. The van der Waals surface area contributed by atoms with Gasteiger partial charge in [-0.3, -0.25) is 4.79 Å². The second kappa shape index (κ2) is 5.53. The molecule has 1 aromatic rings. The van der Waals surface area contributed by atoms with Crippen LogP contribution in [0.2, 0.25) is 0 Å². The molecule has 0 radical (unpaired) electrons. The third-order valence-corrected chi connectivity index (χ3v) is 1.93. The van der Waals surface area contributed by atoms with Crippen LogP contribution in [0.15, 0.2) is 18.2 Å². The zero-order valence-electron chi connectivity index (χ0n) is 10.9. The van der Waals surface area contributed by atoms with Crippen LogP contribution in [0.3, 0.4) is 0 Å². The molecule has 0 unspecified atom stereocenters. The second-order valence-corrected chi connectivity index (χ2v) is 4.59. The molecule has 5 nitrogen and oxygen atoms in total. The van der Waals surface area contributed by atoms with Crippen LogP contribution in [0, 0.1) is 0 Å². The maximum atomic E-state index is 11.5. The molecule has 5 heteroatoms. The Kier molecular flexibility index (Phi) is 4.31. The monoisotopic (exact) mass is 252 g/mol. The highest BCUT2D eigenvalue weighted by atomic mass is 16.7. The van der Waals surface area contributed by atoms with E-state index in [9.17, 15) is 9.59 Å². The summed E-state index contributed by atoms with van der Waals surface area (Å²) in [5.41, 5.74) is -0.426. The van der Waals surface area contributed by atoms with Gasteiger partial charge in [-0.1, -0.05) is 0 Å². The second-order valence-electron chi connectivity index (χ2n) is 4.59. The lowest BCUT2D eigenvalue weighted by molar-refractivity contribution is 0.0205. The first-order chi connectivity index (χ1) is 8.35. The SMILES string of the molecule is COc1ccc(OC(=O)OC(C)(C)C)c(C=O)c1. The molecule has 0 saturated carbocycles. The Morgan fingerprint density at radius 2 is 1.94 bits per heavy atom. The number of carbonyl (C=O) groups is 2. The number of hydrogen-bond acceptors (Lipinski definition) is 5. The molecule has 0 amide bonds. The Labute approximate surface area is 106 Å². The molecule has 0 aliphatic carbocycles. The highest BCUT2D eigenvalue weighted by Gasteiger charge is 2.19. The zero-order valence-corrected chi connectivity index (χ0v) is 10.9. The number of rotatable bonds is 3. The normalized spacial score (nSPS) is 10.7. The van der Waals surface area contributed by atoms with Crippen molar-refractivity contribution >= 4 is 12.4 Å². The smallest absolute Gasteiger partial charge is 0.497 e. The number of benzene rings is 1. The van der Waals surface area contributed by atoms with Crippen LogP contribution in [-0.2, 0) is 4.74 Å². The molecule has 0 fully saturated rings. The molecule has 0 bridgehead atoms. The maximum Gasteiger partial charge on any atom is 0.514 e. The Morgan fingerprint density at radius 3 is 2.44 bits per heavy atom. The molecular weight excluding hydrogens is 236 g/mol. The summed E-state index contributed by atoms with van der Waals surface area (Å²) in [6, 6.07) is 4.55. The van der Waals surface area contributed by atoms with Crippen molar-refractivity contribution in [2.75, 3.05) is 7.11 Å². The van der Waals surface area contributed by atoms with Gasteiger partial charge < -0.3 is 14.2 Å². The van der Waals surface area contributed by atoms with Crippen LogP contribution in [0.4, 0.5) is 4.79 Å². The minimum atomic E-state index is -0.851.